The molecule has 0 saturated heterocycles. The van der Waals surface area contributed by atoms with Gasteiger partial charge in [-0.15, -0.1) is 0 Å². The van der Waals surface area contributed by atoms with Crippen LogP contribution in [0, 0.1) is 17.0 Å². The number of benzene rings is 1. The van der Waals surface area contributed by atoms with Crippen molar-refractivity contribution in [2.45, 2.75) is 19.9 Å². The molecular weight excluding hydrogens is 314 g/mol. The lowest BCUT2D eigenvalue weighted by molar-refractivity contribution is -0.385. The molecule has 1 aromatic carbocycles. The lowest BCUT2D eigenvalue weighted by atomic mass is 10.1. The van der Waals surface area contributed by atoms with Crippen LogP contribution in [0.1, 0.15) is 34.6 Å². The Morgan fingerprint density at radius 2 is 2.08 bits per heavy atom. The first-order valence-electron chi connectivity index (χ1n) is 7.24. The molecule has 0 aliphatic rings. The van der Waals surface area contributed by atoms with Gasteiger partial charge in [0.2, 0.25) is 5.91 Å². The Bertz CT molecular complexity index is 755. The summed E-state index contributed by atoms with van der Waals surface area (Å²) in [5, 5.41) is 16.0. The second-order valence-electron chi connectivity index (χ2n) is 5.25. The van der Waals surface area contributed by atoms with Gasteiger partial charge in [-0.1, -0.05) is 6.07 Å². The number of hydrogen-bond acceptors (Lipinski definition) is 5. The van der Waals surface area contributed by atoms with Crippen molar-refractivity contribution in [3.05, 3.63) is 63.6 Å². The van der Waals surface area contributed by atoms with Crippen LogP contribution in [0.15, 0.2) is 41.0 Å². The molecule has 0 bridgehead atoms. The zero-order chi connectivity index (χ0) is 17.7. The lowest BCUT2D eigenvalue weighted by Crippen LogP contribution is -2.37. The maximum Gasteiger partial charge on any atom is 0.273 e. The van der Waals surface area contributed by atoms with E-state index in [1.165, 1.54) is 24.5 Å². The van der Waals surface area contributed by atoms with Crippen LogP contribution in [0.25, 0.3) is 0 Å². The predicted molar refractivity (Wildman–Crippen MR) is 85.4 cm³/mol. The molecule has 8 nitrogen and oxygen atoms in total. The molecule has 0 aliphatic heterocycles. The van der Waals surface area contributed by atoms with Gasteiger partial charge in [-0.25, -0.2) is 0 Å². The van der Waals surface area contributed by atoms with Gasteiger partial charge >= 0.3 is 0 Å². The number of aryl methyl sites for hydroxylation is 1. The van der Waals surface area contributed by atoms with Crippen LogP contribution in [0.3, 0.4) is 0 Å². The van der Waals surface area contributed by atoms with Crippen molar-refractivity contribution < 1.29 is 18.9 Å². The molecule has 8 heteroatoms. The van der Waals surface area contributed by atoms with Crippen molar-refractivity contribution in [1.82, 2.24) is 10.6 Å². The van der Waals surface area contributed by atoms with Crippen LogP contribution in [-0.4, -0.2) is 23.3 Å². The van der Waals surface area contributed by atoms with Crippen molar-refractivity contribution in [2.75, 3.05) is 6.54 Å². The fourth-order valence-electron chi connectivity index (χ4n) is 2.11. The van der Waals surface area contributed by atoms with E-state index in [9.17, 15) is 19.7 Å². The first-order valence-corrected chi connectivity index (χ1v) is 7.24. The van der Waals surface area contributed by atoms with E-state index in [1.807, 2.05) is 0 Å². The maximum absolute atomic E-state index is 12.0. The van der Waals surface area contributed by atoms with Crippen LogP contribution in [0.4, 0.5) is 5.69 Å². The highest BCUT2D eigenvalue weighted by Gasteiger charge is 2.16. The molecule has 2 rings (SSSR count). The van der Waals surface area contributed by atoms with Crippen molar-refractivity contribution in [1.29, 1.82) is 0 Å². The third-order valence-electron chi connectivity index (χ3n) is 3.42. The van der Waals surface area contributed by atoms with Crippen LogP contribution in [0.5, 0.6) is 0 Å². The molecule has 0 radical (unpaired) electrons. The Hall–Kier alpha value is -3.16. The zero-order valence-electron chi connectivity index (χ0n) is 13.2. The van der Waals surface area contributed by atoms with Gasteiger partial charge < -0.3 is 15.1 Å². The van der Waals surface area contributed by atoms with Gasteiger partial charge in [0.15, 0.2) is 0 Å². The molecule has 0 spiro atoms. The topological polar surface area (TPSA) is 114 Å². The number of nitrogens with one attached hydrogen (secondary N) is 2. The summed E-state index contributed by atoms with van der Waals surface area (Å²) in [4.78, 5) is 34.2. The van der Waals surface area contributed by atoms with Crippen molar-refractivity contribution >= 4 is 17.5 Å². The molecule has 0 aliphatic carbocycles. The molecular formula is C16H17N3O5. The van der Waals surface area contributed by atoms with E-state index >= 15 is 0 Å². The number of nitro groups is 1. The Morgan fingerprint density at radius 3 is 2.71 bits per heavy atom. The summed E-state index contributed by atoms with van der Waals surface area (Å²) in [6.07, 6.45) is 1.50. The van der Waals surface area contributed by atoms with Crippen LogP contribution < -0.4 is 10.6 Å². The normalized spacial score (nSPS) is 11.6. The standard InChI is InChI=1S/C16H17N3O5/c1-10-5-6-12(8-13(10)19(22)23)16(21)17-9-15(20)18-11(2)14-4-3-7-24-14/h3-8,11H,9H2,1-2H3,(H,17,21)(H,18,20)/t11-/m1/s1. The molecule has 1 atom stereocenters. The highest BCUT2D eigenvalue weighted by atomic mass is 16.6. The summed E-state index contributed by atoms with van der Waals surface area (Å²) in [6, 6.07) is 7.27. The van der Waals surface area contributed by atoms with Gasteiger partial charge in [0.25, 0.3) is 11.6 Å². The second-order valence-corrected chi connectivity index (χ2v) is 5.25. The van der Waals surface area contributed by atoms with E-state index < -0.39 is 16.7 Å². The molecule has 0 unspecified atom stereocenters. The average Bonchev–Trinajstić information content (AvgIpc) is 3.07. The maximum atomic E-state index is 12.0. The molecule has 2 aromatic rings. The molecule has 2 amide bonds. The third-order valence-corrected chi connectivity index (χ3v) is 3.42. The minimum Gasteiger partial charge on any atom is -0.467 e. The number of carbonyl (C=O) groups excluding carboxylic acids is 2. The predicted octanol–water partition coefficient (Wildman–Crippen LogP) is 2.10. The minimum atomic E-state index is -0.557. The fraction of sp³-hybridized carbons (Fsp3) is 0.250. The first kappa shape index (κ1) is 17.2. The van der Waals surface area contributed by atoms with E-state index in [4.69, 9.17) is 4.42 Å². The van der Waals surface area contributed by atoms with Gasteiger partial charge in [-0.05, 0) is 32.0 Å². The van der Waals surface area contributed by atoms with Gasteiger partial charge in [0.05, 0.1) is 23.8 Å². The highest BCUT2D eigenvalue weighted by Crippen LogP contribution is 2.19. The van der Waals surface area contributed by atoms with Gasteiger partial charge in [-0.3, -0.25) is 19.7 Å². The molecule has 1 aromatic heterocycles. The van der Waals surface area contributed by atoms with Crippen molar-refractivity contribution in [3.8, 4) is 0 Å². The quantitative estimate of drug-likeness (QED) is 0.621. The Kier molecular flexibility index (Phi) is 5.31. The lowest BCUT2D eigenvalue weighted by Gasteiger charge is -2.12. The van der Waals surface area contributed by atoms with Crippen LogP contribution >= 0.6 is 0 Å². The number of hydrogen-bond donors (Lipinski definition) is 2. The summed E-state index contributed by atoms with van der Waals surface area (Å²) in [5.41, 5.74) is 0.444. The summed E-state index contributed by atoms with van der Waals surface area (Å²) in [6.45, 7) is 3.09. The smallest absolute Gasteiger partial charge is 0.273 e. The third kappa shape index (κ3) is 4.19. The van der Waals surface area contributed by atoms with Gasteiger partial charge in [0.1, 0.15) is 5.76 Å². The van der Waals surface area contributed by atoms with Gasteiger partial charge in [-0.2, -0.15) is 0 Å². The average molecular weight is 331 g/mol. The Labute approximate surface area is 138 Å². The molecule has 24 heavy (non-hydrogen) atoms. The van der Waals surface area contributed by atoms with E-state index in [2.05, 4.69) is 10.6 Å². The van der Waals surface area contributed by atoms with E-state index in [-0.39, 0.29) is 23.8 Å². The SMILES string of the molecule is Cc1ccc(C(=O)NCC(=O)N[C@H](C)c2ccco2)cc1[N+](=O)[O-]. The number of amides is 2. The van der Waals surface area contributed by atoms with E-state index in [0.29, 0.717) is 11.3 Å². The highest BCUT2D eigenvalue weighted by molar-refractivity contribution is 5.97. The number of nitrogens with zero attached hydrogens (tertiary/aromatic N) is 1. The van der Waals surface area contributed by atoms with Gasteiger partial charge in [0, 0.05) is 17.2 Å². The number of nitro benzene ring substituents is 1. The summed E-state index contributed by atoms with van der Waals surface area (Å²) >= 11 is 0. The zero-order valence-corrected chi connectivity index (χ0v) is 13.2. The van der Waals surface area contributed by atoms with Crippen LogP contribution in [-0.2, 0) is 4.79 Å². The van der Waals surface area contributed by atoms with Crippen molar-refractivity contribution in [3.63, 3.8) is 0 Å². The van der Waals surface area contributed by atoms with E-state index in [0.717, 1.165) is 0 Å². The largest absolute Gasteiger partial charge is 0.467 e. The molecule has 0 saturated carbocycles. The number of rotatable bonds is 6. The first-order chi connectivity index (χ1) is 11.4. The monoisotopic (exact) mass is 331 g/mol. The number of furan rings is 1. The summed E-state index contributed by atoms with van der Waals surface area (Å²) < 4.78 is 5.17. The second kappa shape index (κ2) is 7.40. The molecule has 1 heterocycles. The summed E-state index contributed by atoms with van der Waals surface area (Å²) in [7, 11) is 0. The van der Waals surface area contributed by atoms with E-state index in [1.54, 1.807) is 26.0 Å². The molecule has 126 valence electrons. The van der Waals surface area contributed by atoms with Crippen molar-refractivity contribution in [2.24, 2.45) is 0 Å². The molecule has 2 N–H and O–H groups in total. The molecule has 0 fully saturated rings. The minimum absolute atomic E-state index is 0.124. The Morgan fingerprint density at radius 1 is 1.33 bits per heavy atom. The summed E-state index contributed by atoms with van der Waals surface area (Å²) in [5.74, 6) is -0.350. The van der Waals surface area contributed by atoms with Crippen LogP contribution in [0.2, 0.25) is 0 Å². The number of carbonyl (C=O) groups is 2. The fourth-order valence-corrected chi connectivity index (χ4v) is 2.11. The Balaban J connectivity index is 1.92.